The maximum Gasteiger partial charge on any atom is 0.325 e. The zero-order chi connectivity index (χ0) is 22.8. The van der Waals surface area contributed by atoms with E-state index in [0.717, 1.165) is 16.7 Å². The van der Waals surface area contributed by atoms with Crippen LogP contribution in [-0.4, -0.2) is 48.4 Å². The fourth-order valence-corrected chi connectivity index (χ4v) is 3.96. The summed E-state index contributed by atoms with van der Waals surface area (Å²) in [5.74, 6) is -2.20. The van der Waals surface area contributed by atoms with Gasteiger partial charge in [-0.15, -0.1) is 0 Å². The van der Waals surface area contributed by atoms with Crippen LogP contribution in [-0.2, 0) is 26.0 Å². The van der Waals surface area contributed by atoms with Crippen LogP contribution in [0.25, 0.3) is 0 Å². The lowest BCUT2D eigenvalue weighted by molar-refractivity contribution is -0.156. The summed E-state index contributed by atoms with van der Waals surface area (Å²) in [6, 6.07) is 9.78. The van der Waals surface area contributed by atoms with Gasteiger partial charge in [-0.2, -0.15) is 0 Å². The lowest BCUT2D eigenvalue weighted by Crippen LogP contribution is -2.70. The van der Waals surface area contributed by atoms with Gasteiger partial charge in [-0.05, 0) is 36.6 Å². The number of nitrogens with one attached hydrogen (secondary N) is 2. The van der Waals surface area contributed by atoms with Crippen molar-refractivity contribution in [2.24, 2.45) is 5.92 Å². The van der Waals surface area contributed by atoms with Gasteiger partial charge < -0.3 is 11.1 Å². The number of nitrogen functional groups attached to an aromatic ring is 1. The Hall–Kier alpha value is -3.47. The van der Waals surface area contributed by atoms with E-state index in [1.165, 1.54) is 6.20 Å². The number of urea groups is 1. The molecule has 3 rings (SSSR count). The Labute approximate surface area is 179 Å². The zero-order valence-electron chi connectivity index (χ0n) is 17.0. The Morgan fingerprint density at radius 1 is 1.23 bits per heavy atom. The van der Waals surface area contributed by atoms with E-state index in [4.69, 9.17) is 5.73 Å². The maximum atomic E-state index is 12.8. The number of pyridine rings is 1. The van der Waals surface area contributed by atoms with Crippen LogP contribution in [0, 0.1) is 5.92 Å². The number of benzene rings is 1. The molecule has 1 saturated heterocycles. The van der Waals surface area contributed by atoms with Gasteiger partial charge in [0.25, 0.3) is 5.91 Å². The number of sulfonamides is 1. The minimum absolute atomic E-state index is 0.103. The molecule has 0 aliphatic carbocycles. The Kier molecular flexibility index (Phi) is 6.25. The first-order valence-electron chi connectivity index (χ1n) is 9.47. The Morgan fingerprint density at radius 2 is 1.90 bits per heavy atom. The molecular weight excluding hydrogens is 422 g/mol. The lowest BCUT2D eigenvalue weighted by atomic mass is 9.82. The molecule has 2 heterocycles. The third kappa shape index (κ3) is 5.18. The largest absolute Gasteiger partial charge is 0.384 e. The van der Waals surface area contributed by atoms with Crippen molar-refractivity contribution in [2.45, 2.75) is 25.4 Å². The zero-order valence-corrected chi connectivity index (χ0v) is 17.8. The monoisotopic (exact) mass is 445 g/mol. The first-order valence-corrected chi connectivity index (χ1v) is 11.4. The number of likely N-dealkylation sites (tertiary alicyclic amines) is 1. The number of rotatable bonds is 6. The van der Waals surface area contributed by atoms with Crippen molar-refractivity contribution in [3.63, 3.8) is 0 Å². The second kappa shape index (κ2) is 8.72. The number of carbonyl (C=O) groups excluding carboxylic acids is 3. The summed E-state index contributed by atoms with van der Waals surface area (Å²) in [4.78, 5) is 42.8. The van der Waals surface area contributed by atoms with Crippen LogP contribution < -0.4 is 15.8 Å². The number of nitrogens with two attached hydrogens (primary N) is 1. The van der Waals surface area contributed by atoms with E-state index < -0.39 is 45.9 Å². The van der Waals surface area contributed by atoms with Gasteiger partial charge in [-0.25, -0.2) is 18.2 Å². The van der Waals surface area contributed by atoms with Crippen LogP contribution in [0.15, 0.2) is 48.7 Å². The average molecular weight is 446 g/mol. The second-order valence-electron chi connectivity index (χ2n) is 7.37. The van der Waals surface area contributed by atoms with Crippen molar-refractivity contribution in [3.05, 3.63) is 59.8 Å². The number of aromatic nitrogens is 1. The van der Waals surface area contributed by atoms with Crippen LogP contribution in [0.1, 0.15) is 24.1 Å². The van der Waals surface area contributed by atoms with Gasteiger partial charge in [0.2, 0.25) is 15.9 Å². The first-order chi connectivity index (χ1) is 14.6. The van der Waals surface area contributed by atoms with Gasteiger partial charge in [-0.3, -0.25) is 19.2 Å². The quantitative estimate of drug-likeness (QED) is 0.550. The third-order valence-corrected chi connectivity index (χ3v) is 5.50. The highest BCUT2D eigenvalue weighted by Gasteiger charge is 2.54. The minimum Gasteiger partial charge on any atom is -0.384 e. The molecule has 1 aliphatic rings. The van der Waals surface area contributed by atoms with Gasteiger partial charge in [-0.1, -0.05) is 30.3 Å². The predicted octanol–water partition coefficient (Wildman–Crippen LogP) is 0.580. The van der Waals surface area contributed by atoms with Gasteiger partial charge in [0, 0.05) is 6.20 Å². The van der Waals surface area contributed by atoms with E-state index in [2.05, 4.69) is 10.3 Å². The van der Waals surface area contributed by atoms with Crippen molar-refractivity contribution in [1.29, 1.82) is 0 Å². The van der Waals surface area contributed by atoms with E-state index >= 15 is 0 Å². The van der Waals surface area contributed by atoms with Crippen molar-refractivity contribution in [1.82, 2.24) is 19.9 Å². The number of nitrogens with zero attached hydrogens (tertiary/aromatic N) is 2. The standard InChI is InChI=1S/C20H23N5O5S/c1-12(14-6-4-3-5-7-14)23-20(28)25-17(18(26)24-31(2,29)30)15(19(25)27)10-13-8-9-22-16(21)11-13/h3-9,11-12,15,17H,10H2,1-2H3,(H2,21,22)(H,23,28)(H,24,26)/t12-,15-,17+/m1/s1. The highest BCUT2D eigenvalue weighted by Crippen LogP contribution is 2.31. The van der Waals surface area contributed by atoms with Gasteiger partial charge in [0.1, 0.15) is 11.9 Å². The molecule has 4 N–H and O–H groups in total. The molecule has 0 spiro atoms. The molecule has 3 atom stereocenters. The number of hydrogen-bond acceptors (Lipinski definition) is 7. The van der Waals surface area contributed by atoms with E-state index in [9.17, 15) is 22.8 Å². The highest BCUT2D eigenvalue weighted by molar-refractivity contribution is 7.89. The number of anilines is 1. The van der Waals surface area contributed by atoms with E-state index in [1.807, 2.05) is 35.1 Å². The molecule has 11 heteroatoms. The molecule has 0 bridgehead atoms. The lowest BCUT2D eigenvalue weighted by Gasteiger charge is -2.44. The smallest absolute Gasteiger partial charge is 0.325 e. The predicted molar refractivity (Wildman–Crippen MR) is 113 cm³/mol. The van der Waals surface area contributed by atoms with Crippen LogP contribution in [0.3, 0.4) is 0 Å². The van der Waals surface area contributed by atoms with Crippen LogP contribution >= 0.6 is 0 Å². The first kappa shape index (κ1) is 22.2. The summed E-state index contributed by atoms with van der Waals surface area (Å²) in [6.07, 6.45) is 2.39. The number of imide groups is 1. The number of carbonyl (C=O) groups is 3. The van der Waals surface area contributed by atoms with Gasteiger partial charge >= 0.3 is 6.03 Å². The summed E-state index contributed by atoms with van der Waals surface area (Å²) in [5, 5.41) is 2.68. The number of β-lactam (4-membered cyclic amide) rings is 1. The molecule has 31 heavy (non-hydrogen) atoms. The Balaban J connectivity index is 1.81. The third-order valence-electron chi connectivity index (χ3n) is 4.93. The van der Waals surface area contributed by atoms with Crippen molar-refractivity contribution < 1.29 is 22.8 Å². The summed E-state index contributed by atoms with van der Waals surface area (Å²) in [6.45, 7) is 1.74. The summed E-state index contributed by atoms with van der Waals surface area (Å²) in [5.41, 5.74) is 7.11. The topological polar surface area (TPSA) is 152 Å². The number of hydrogen-bond donors (Lipinski definition) is 3. The van der Waals surface area contributed by atoms with Crippen molar-refractivity contribution in [3.8, 4) is 0 Å². The van der Waals surface area contributed by atoms with Crippen molar-refractivity contribution >= 4 is 33.7 Å². The van der Waals surface area contributed by atoms with Crippen LogP contribution in [0.5, 0.6) is 0 Å². The summed E-state index contributed by atoms with van der Waals surface area (Å²) < 4.78 is 25.0. The number of amides is 4. The fraction of sp³-hybridized carbons (Fsp3) is 0.300. The van der Waals surface area contributed by atoms with Crippen LogP contribution in [0.4, 0.5) is 10.6 Å². The molecule has 1 aromatic carbocycles. The Morgan fingerprint density at radius 3 is 2.52 bits per heavy atom. The normalized spacial score (nSPS) is 19.3. The average Bonchev–Trinajstić information content (AvgIpc) is 2.69. The van der Waals surface area contributed by atoms with Crippen molar-refractivity contribution in [2.75, 3.05) is 12.0 Å². The maximum absolute atomic E-state index is 12.8. The van der Waals surface area contributed by atoms with Gasteiger partial charge in [0.15, 0.2) is 0 Å². The van der Waals surface area contributed by atoms with E-state index in [-0.39, 0.29) is 12.2 Å². The minimum atomic E-state index is -3.88. The highest BCUT2D eigenvalue weighted by atomic mass is 32.2. The SMILES string of the molecule is C[C@@H](NC(=O)N1C(=O)[C@H](Cc2ccnc(N)c2)[C@H]1C(=O)NS(C)(=O)=O)c1ccccc1. The fourth-order valence-electron chi connectivity index (χ4n) is 3.47. The molecule has 0 unspecified atom stereocenters. The molecule has 0 saturated carbocycles. The van der Waals surface area contributed by atoms with Crippen LogP contribution in [0.2, 0.25) is 0 Å². The molecule has 0 radical (unpaired) electrons. The molecule has 10 nitrogen and oxygen atoms in total. The van der Waals surface area contributed by atoms with Gasteiger partial charge in [0.05, 0.1) is 18.2 Å². The molecule has 2 aromatic rings. The molecular formula is C20H23N5O5S. The summed E-state index contributed by atoms with van der Waals surface area (Å²) >= 11 is 0. The second-order valence-corrected chi connectivity index (χ2v) is 9.12. The molecule has 1 aliphatic heterocycles. The molecule has 4 amide bonds. The molecule has 1 fully saturated rings. The molecule has 164 valence electrons. The summed E-state index contributed by atoms with van der Waals surface area (Å²) in [7, 11) is -3.88. The Bertz CT molecular complexity index is 1110. The van der Waals surface area contributed by atoms with E-state index in [0.29, 0.717) is 5.56 Å². The molecule has 1 aromatic heterocycles. The van der Waals surface area contributed by atoms with E-state index in [1.54, 1.807) is 19.1 Å².